The summed E-state index contributed by atoms with van der Waals surface area (Å²) in [5.74, 6) is 0.893. The Balaban J connectivity index is 1.30. The van der Waals surface area contributed by atoms with Crippen LogP contribution in [-0.4, -0.2) is 71.4 Å². The van der Waals surface area contributed by atoms with Crippen molar-refractivity contribution in [2.45, 2.75) is 52.4 Å². The van der Waals surface area contributed by atoms with Crippen LogP contribution in [-0.2, 0) is 22.7 Å². The van der Waals surface area contributed by atoms with Crippen LogP contribution in [0.2, 0.25) is 0 Å². The van der Waals surface area contributed by atoms with E-state index in [0.717, 1.165) is 33.6 Å². The smallest absolute Gasteiger partial charge is 0.258 e. The van der Waals surface area contributed by atoms with E-state index < -0.39 is 12.1 Å². The molecule has 4 heterocycles. The maximum Gasteiger partial charge on any atom is 0.258 e. The summed E-state index contributed by atoms with van der Waals surface area (Å²) in [4.78, 5) is 41.6. The number of likely N-dealkylation sites (tertiary alicyclic amines) is 1. The number of nitrogens with one attached hydrogen (secondary N) is 2. The number of hydrogen-bond donors (Lipinski definition) is 2. The van der Waals surface area contributed by atoms with E-state index in [0.29, 0.717) is 29.4 Å². The Bertz CT molecular complexity index is 1820. The van der Waals surface area contributed by atoms with Gasteiger partial charge >= 0.3 is 0 Å². The van der Waals surface area contributed by atoms with Gasteiger partial charge in [0.15, 0.2) is 18.1 Å². The third-order valence-corrected chi connectivity index (χ3v) is 8.59. The number of aryl methyl sites for hydroxylation is 4. The molecule has 3 amide bonds. The minimum absolute atomic E-state index is 0.0498. The van der Waals surface area contributed by atoms with Crippen LogP contribution in [0.15, 0.2) is 66.7 Å². The van der Waals surface area contributed by atoms with Crippen molar-refractivity contribution in [1.29, 1.82) is 0 Å². The third-order valence-electron chi connectivity index (χ3n) is 8.59. The van der Waals surface area contributed by atoms with E-state index in [-0.39, 0.29) is 50.4 Å². The lowest BCUT2D eigenvalue weighted by Gasteiger charge is -2.23. The minimum atomic E-state index is -0.541. The fourth-order valence-electron chi connectivity index (χ4n) is 6.06. The van der Waals surface area contributed by atoms with E-state index in [1.165, 1.54) is 0 Å². The first-order chi connectivity index (χ1) is 22.7. The van der Waals surface area contributed by atoms with Crippen molar-refractivity contribution in [3.63, 3.8) is 0 Å². The predicted molar refractivity (Wildman–Crippen MR) is 176 cm³/mol. The highest BCUT2D eigenvalue weighted by molar-refractivity contribution is 5.96. The number of amides is 3. The zero-order chi connectivity index (χ0) is 33.1. The molecular formula is C36H39N5O6. The molecule has 11 heteroatoms. The number of fused-ring (bicyclic) bond motifs is 7. The molecule has 0 saturated carbocycles. The second-order valence-corrected chi connectivity index (χ2v) is 12.0. The van der Waals surface area contributed by atoms with E-state index in [9.17, 15) is 14.4 Å². The highest BCUT2D eigenvalue weighted by Crippen LogP contribution is 2.32. The summed E-state index contributed by atoms with van der Waals surface area (Å²) in [6.07, 6.45) is -0.274. The van der Waals surface area contributed by atoms with Crippen LogP contribution < -0.4 is 24.8 Å². The topological polar surface area (TPSA) is 124 Å². The Kier molecular flexibility index (Phi) is 9.15. The fraction of sp³-hybridized carbons (Fsp3) is 0.333. The van der Waals surface area contributed by atoms with E-state index in [1.807, 2.05) is 67.9 Å². The third kappa shape index (κ3) is 7.24. The van der Waals surface area contributed by atoms with Crippen LogP contribution in [0.25, 0.3) is 11.1 Å². The van der Waals surface area contributed by atoms with E-state index >= 15 is 0 Å². The van der Waals surface area contributed by atoms with Crippen LogP contribution in [0.1, 0.15) is 39.3 Å². The Hall–Kier alpha value is -5.32. The molecule has 1 aromatic heterocycles. The number of carbonyl (C=O) groups excluding carboxylic acids is 3. The van der Waals surface area contributed by atoms with Crippen LogP contribution in [0.4, 0.5) is 0 Å². The molecule has 6 bridgehead atoms. The number of nitrogens with zero attached hydrogens (tertiary/aromatic N) is 3. The summed E-state index contributed by atoms with van der Waals surface area (Å²) in [6, 6.07) is 19.9. The molecule has 0 spiro atoms. The van der Waals surface area contributed by atoms with Gasteiger partial charge < -0.3 is 29.7 Å². The summed E-state index contributed by atoms with van der Waals surface area (Å²) < 4.78 is 19.8. The second-order valence-electron chi connectivity index (χ2n) is 12.0. The van der Waals surface area contributed by atoms with Crippen molar-refractivity contribution in [2.75, 3.05) is 26.8 Å². The number of hydrogen-bond acceptors (Lipinski definition) is 7. The molecule has 47 heavy (non-hydrogen) atoms. The molecule has 11 nitrogen and oxygen atoms in total. The molecule has 2 N–H and O–H groups in total. The van der Waals surface area contributed by atoms with Gasteiger partial charge in [-0.15, -0.1) is 0 Å². The number of carbonyl (C=O) groups is 3. The average molecular weight is 638 g/mol. The number of ether oxygens (including phenoxy) is 3. The first kappa shape index (κ1) is 31.7. The maximum absolute atomic E-state index is 13.8. The van der Waals surface area contributed by atoms with Gasteiger partial charge in [0, 0.05) is 37.3 Å². The summed E-state index contributed by atoms with van der Waals surface area (Å²) >= 11 is 0. The van der Waals surface area contributed by atoms with Gasteiger partial charge in [-0.05, 0) is 85.5 Å². The number of benzene rings is 3. The van der Waals surface area contributed by atoms with Gasteiger partial charge in [-0.25, -0.2) is 0 Å². The Morgan fingerprint density at radius 3 is 2.64 bits per heavy atom. The molecule has 0 aliphatic carbocycles. The molecule has 0 radical (unpaired) electrons. The minimum Gasteiger partial charge on any atom is -0.493 e. The molecule has 3 aliphatic rings. The van der Waals surface area contributed by atoms with Crippen molar-refractivity contribution in [2.24, 2.45) is 0 Å². The van der Waals surface area contributed by atoms with E-state index in [4.69, 9.17) is 14.2 Å². The first-order valence-electron chi connectivity index (χ1n) is 15.7. The average Bonchev–Trinajstić information content (AvgIpc) is 3.62. The summed E-state index contributed by atoms with van der Waals surface area (Å²) in [7, 11) is 1.54. The Labute approximate surface area is 273 Å². The SMILES string of the molecule is COc1cc2ccc1O[C@H]1CN(C(=O)CCn3nc(C)cc3C)C[C@@H]1NC(=O)c1ccc(C)c(c1)-c1cccc(c1)OCC(=O)NC2. The molecule has 4 aromatic rings. The lowest BCUT2D eigenvalue weighted by Crippen LogP contribution is -2.45. The van der Waals surface area contributed by atoms with Crippen LogP contribution >= 0.6 is 0 Å². The highest BCUT2D eigenvalue weighted by Gasteiger charge is 2.38. The van der Waals surface area contributed by atoms with Gasteiger partial charge in [0.1, 0.15) is 11.9 Å². The van der Waals surface area contributed by atoms with Crippen molar-refractivity contribution < 1.29 is 28.6 Å². The van der Waals surface area contributed by atoms with Crippen molar-refractivity contribution in [3.05, 3.63) is 94.8 Å². The second kappa shape index (κ2) is 13.6. The van der Waals surface area contributed by atoms with E-state index in [2.05, 4.69) is 15.7 Å². The van der Waals surface area contributed by atoms with Crippen molar-refractivity contribution >= 4 is 17.7 Å². The maximum atomic E-state index is 13.8. The quantitative estimate of drug-likeness (QED) is 0.347. The largest absolute Gasteiger partial charge is 0.493 e. The summed E-state index contributed by atoms with van der Waals surface area (Å²) in [5, 5.41) is 10.5. The molecule has 3 aliphatic heterocycles. The van der Waals surface area contributed by atoms with Crippen LogP contribution in [0.3, 0.4) is 0 Å². The van der Waals surface area contributed by atoms with Crippen LogP contribution in [0, 0.1) is 20.8 Å². The van der Waals surface area contributed by atoms with Crippen LogP contribution in [0.5, 0.6) is 17.2 Å². The molecule has 244 valence electrons. The van der Waals surface area contributed by atoms with Gasteiger partial charge in [-0.2, -0.15) is 5.10 Å². The standard InChI is InChI=1S/C36H39N5O6/c1-22-8-10-27-17-29(22)26-6-5-7-28(16-26)46-21-34(42)37-18-25-9-11-31(32(15-25)45-4)47-33-20-40(19-30(33)38-36(27)44)35(43)12-13-41-24(3)14-23(2)39-41/h5-11,14-17,30,33H,12-13,18-21H2,1-4H3,(H,37,42)(H,38,44)/t30-,33-/m0/s1. The molecule has 2 atom stereocenters. The number of methoxy groups -OCH3 is 1. The van der Waals surface area contributed by atoms with E-state index in [1.54, 1.807) is 36.3 Å². The fourth-order valence-corrected chi connectivity index (χ4v) is 6.06. The Morgan fingerprint density at radius 2 is 1.85 bits per heavy atom. The molecule has 7 rings (SSSR count). The monoisotopic (exact) mass is 637 g/mol. The zero-order valence-electron chi connectivity index (χ0n) is 27.0. The van der Waals surface area contributed by atoms with Gasteiger partial charge in [0.25, 0.3) is 11.8 Å². The molecule has 3 aromatic carbocycles. The molecule has 0 unspecified atom stereocenters. The predicted octanol–water partition coefficient (Wildman–Crippen LogP) is 3.97. The van der Waals surface area contributed by atoms with Gasteiger partial charge in [-0.3, -0.25) is 19.1 Å². The molecule has 1 fully saturated rings. The first-order valence-corrected chi connectivity index (χ1v) is 15.7. The molecule has 1 saturated heterocycles. The lowest BCUT2D eigenvalue weighted by molar-refractivity contribution is -0.130. The summed E-state index contributed by atoms with van der Waals surface area (Å²) in [5.41, 5.74) is 5.89. The van der Waals surface area contributed by atoms with Crippen molar-refractivity contribution in [1.82, 2.24) is 25.3 Å². The van der Waals surface area contributed by atoms with Gasteiger partial charge in [0.05, 0.1) is 25.4 Å². The normalized spacial score (nSPS) is 18.0. The van der Waals surface area contributed by atoms with Gasteiger partial charge in [-0.1, -0.05) is 24.3 Å². The van der Waals surface area contributed by atoms with Crippen molar-refractivity contribution in [3.8, 4) is 28.4 Å². The number of aromatic nitrogens is 2. The van der Waals surface area contributed by atoms with Gasteiger partial charge in [0.2, 0.25) is 5.91 Å². The number of rotatable bonds is 4. The highest BCUT2D eigenvalue weighted by atomic mass is 16.5. The lowest BCUT2D eigenvalue weighted by atomic mass is 9.97. The summed E-state index contributed by atoms with van der Waals surface area (Å²) in [6.45, 7) is 7.03. The zero-order valence-corrected chi connectivity index (χ0v) is 27.0. The molecular weight excluding hydrogens is 598 g/mol. The Morgan fingerprint density at radius 1 is 1.00 bits per heavy atom.